The SMILES string of the molecule is COc1cc(CNCCCC(F)(F)F)cc(OC)c1O. The topological polar surface area (TPSA) is 50.7 Å². The van der Waals surface area contributed by atoms with Crippen LogP contribution < -0.4 is 14.8 Å². The summed E-state index contributed by atoms with van der Waals surface area (Å²) in [5.41, 5.74) is 0.753. The summed E-state index contributed by atoms with van der Waals surface area (Å²) in [6.45, 7) is 0.621. The first-order chi connectivity index (χ1) is 9.37. The van der Waals surface area contributed by atoms with Crippen molar-refractivity contribution in [3.05, 3.63) is 17.7 Å². The maximum Gasteiger partial charge on any atom is 0.389 e. The molecule has 0 amide bonds. The van der Waals surface area contributed by atoms with Gasteiger partial charge in [0.25, 0.3) is 0 Å². The molecule has 1 rings (SSSR count). The first-order valence-corrected chi connectivity index (χ1v) is 6.08. The van der Waals surface area contributed by atoms with E-state index in [9.17, 15) is 18.3 Å². The van der Waals surface area contributed by atoms with Crippen LogP contribution in [0.3, 0.4) is 0 Å². The van der Waals surface area contributed by atoms with Crippen molar-refractivity contribution in [2.45, 2.75) is 25.6 Å². The Balaban J connectivity index is 2.52. The van der Waals surface area contributed by atoms with E-state index in [0.29, 0.717) is 6.54 Å². The lowest BCUT2D eigenvalue weighted by molar-refractivity contribution is -0.135. The molecule has 0 heterocycles. The number of methoxy groups -OCH3 is 2. The summed E-state index contributed by atoms with van der Waals surface area (Å²) in [6, 6.07) is 3.21. The highest BCUT2D eigenvalue weighted by Crippen LogP contribution is 2.37. The van der Waals surface area contributed by atoms with Gasteiger partial charge in [0.15, 0.2) is 11.5 Å². The van der Waals surface area contributed by atoms with E-state index in [0.717, 1.165) is 5.56 Å². The first-order valence-electron chi connectivity index (χ1n) is 6.08. The molecule has 1 aromatic carbocycles. The molecule has 0 bridgehead atoms. The highest BCUT2D eigenvalue weighted by molar-refractivity contribution is 5.52. The molecule has 0 spiro atoms. The molecule has 0 fully saturated rings. The van der Waals surface area contributed by atoms with Gasteiger partial charge in [-0.1, -0.05) is 0 Å². The van der Waals surface area contributed by atoms with Gasteiger partial charge < -0.3 is 19.9 Å². The molecule has 0 saturated carbocycles. The number of ether oxygens (including phenoxy) is 2. The molecule has 0 aliphatic carbocycles. The summed E-state index contributed by atoms with van der Waals surface area (Å²) in [5.74, 6) is 0.420. The number of phenolic OH excluding ortho intramolecular Hbond substituents is 1. The molecule has 2 N–H and O–H groups in total. The van der Waals surface area contributed by atoms with Crippen LogP contribution in [0.1, 0.15) is 18.4 Å². The number of phenols is 1. The van der Waals surface area contributed by atoms with Crippen molar-refractivity contribution in [3.63, 3.8) is 0 Å². The summed E-state index contributed by atoms with van der Waals surface area (Å²) >= 11 is 0. The second-order valence-electron chi connectivity index (χ2n) is 4.24. The van der Waals surface area contributed by atoms with E-state index in [-0.39, 0.29) is 30.2 Å². The molecule has 0 aliphatic heterocycles. The third-order valence-electron chi connectivity index (χ3n) is 2.68. The molecule has 0 aromatic heterocycles. The van der Waals surface area contributed by atoms with Crippen LogP contribution in [-0.2, 0) is 6.54 Å². The number of rotatable bonds is 7. The van der Waals surface area contributed by atoms with Crippen molar-refractivity contribution in [3.8, 4) is 17.2 Å². The summed E-state index contributed by atoms with van der Waals surface area (Å²) in [7, 11) is 2.82. The molecule has 0 saturated heterocycles. The van der Waals surface area contributed by atoms with Gasteiger partial charge in [-0.15, -0.1) is 0 Å². The van der Waals surface area contributed by atoms with E-state index in [2.05, 4.69) is 5.32 Å². The van der Waals surface area contributed by atoms with Gasteiger partial charge in [-0.05, 0) is 30.7 Å². The summed E-state index contributed by atoms with van der Waals surface area (Å²) in [4.78, 5) is 0. The molecule has 4 nitrogen and oxygen atoms in total. The van der Waals surface area contributed by atoms with Crippen LogP contribution in [0.2, 0.25) is 0 Å². The monoisotopic (exact) mass is 293 g/mol. The van der Waals surface area contributed by atoms with Crippen molar-refractivity contribution in [1.29, 1.82) is 0 Å². The van der Waals surface area contributed by atoms with E-state index in [4.69, 9.17) is 9.47 Å². The van der Waals surface area contributed by atoms with E-state index < -0.39 is 12.6 Å². The number of benzene rings is 1. The van der Waals surface area contributed by atoms with Crippen molar-refractivity contribution in [1.82, 2.24) is 5.32 Å². The van der Waals surface area contributed by atoms with Gasteiger partial charge in [0.05, 0.1) is 14.2 Å². The van der Waals surface area contributed by atoms with Crippen molar-refractivity contribution in [2.75, 3.05) is 20.8 Å². The maximum absolute atomic E-state index is 12.0. The normalized spacial score (nSPS) is 11.4. The lowest BCUT2D eigenvalue weighted by Crippen LogP contribution is -2.17. The molecule has 0 atom stereocenters. The molecule has 1 aromatic rings. The van der Waals surface area contributed by atoms with Gasteiger partial charge in [0.1, 0.15) is 0 Å². The predicted octanol–water partition coefficient (Wildman–Crippen LogP) is 2.84. The Labute approximate surface area is 115 Å². The zero-order valence-corrected chi connectivity index (χ0v) is 11.4. The highest BCUT2D eigenvalue weighted by atomic mass is 19.4. The Bertz CT molecular complexity index is 410. The van der Waals surface area contributed by atoms with Gasteiger partial charge in [0.2, 0.25) is 5.75 Å². The first kappa shape index (κ1) is 16.4. The minimum Gasteiger partial charge on any atom is -0.502 e. The van der Waals surface area contributed by atoms with Crippen molar-refractivity contribution in [2.24, 2.45) is 0 Å². The summed E-state index contributed by atoms with van der Waals surface area (Å²) < 4.78 is 45.9. The lowest BCUT2D eigenvalue weighted by atomic mass is 10.1. The lowest BCUT2D eigenvalue weighted by Gasteiger charge is -2.12. The average molecular weight is 293 g/mol. The zero-order chi connectivity index (χ0) is 15.2. The molecule has 20 heavy (non-hydrogen) atoms. The van der Waals surface area contributed by atoms with Gasteiger partial charge in [0, 0.05) is 13.0 Å². The third-order valence-corrected chi connectivity index (χ3v) is 2.68. The van der Waals surface area contributed by atoms with Crippen LogP contribution in [0, 0.1) is 0 Å². The number of hydrogen-bond donors (Lipinski definition) is 2. The molecule has 114 valence electrons. The molecule has 0 unspecified atom stereocenters. The van der Waals surface area contributed by atoms with E-state index in [1.807, 2.05) is 0 Å². The standard InChI is InChI=1S/C13H18F3NO3/c1-19-10-6-9(7-11(20-2)12(10)18)8-17-5-3-4-13(14,15)16/h6-7,17-18H,3-5,8H2,1-2H3. The summed E-state index contributed by atoms with van der Waals surface area (Å²) in [5, 5.41) is 12.6. The third kappa shape index (κ3) is 5.16. The average Bonchev–Trinajstić information content (AvgIpc) is 2.38. The van der Waals surface area contributed by atoms with Crippen LogP contribution in [0.5, 0.6) is 17.2 Å². The smallest absolute Gasteiger partial charge is 0.389 e. The molecule has 7 heteroatoms. The fourth-order valence-electron chi connectivity index (χ4n) is 1.70. The van der Waals surface area contributed by atoms with Gasteiger partial charge in [-0.2, -0.15) is 13.2 Å². The Morgan fingerprint density at radius 2 is 1.70 bits per heavy atom. The van der Waals surface area contributed by atoms with Crippen LogP contribution >= 0.6 is 0 Å². The van der Waals surface area contributed by atoms with Crippen LogP contribution in [0.4, 0.5) is 13.2 Å². The largest absolute Gasteiger partial charge is 0.502 e. The molecular formula is C13H18F3NO3. The highest BCUT2D eigenvalue weighted by Gasteiger charge is 2.25. The van der Waals surface area contributed by atoms with Crippen LogP contribution in [0.15, 0.2) is 12.1 Å². The minimum absolute atomic E-state index is 0.0237. The number of hydrogen-bond acceptors (Lipinski definition) is 4. The predicted molar refractivity (Wildman–Crippen MR) is 68.2 cm³/mol. The number of nitrogens with one attached hydrogen (secondary N) is 1. The van der Waals surface area contributed by atoms with E-state index >= 15 is 0 Å². The number of aromatic hydroxyl groups is 1. The Hall–Kier alpha value is -1.63. The molecular weight excluding hydrogens is 275 g/mol. The Kier molecular flexibility index (Phi) is 5.94. The van der Waals surface area contributed by atoms with Gasteiger partial charge in [-0.3, -0.25) is 0 Å². The fraction of sp³-hybridized carbons (Fsp3) is 0.538. The zero-order valence-electron chi connectivity index (χ0n) is 11.4. The van der Waals surface area contributed by atoms with Gasteiger partial charge in [-0.25, -0.2) is 0 Å². The Morgan fingerprint density at radius 1 is 1.15 bits per heavy atom. The minimum atomic E-state index is -4.12. The quantitative estimate of drug-likeness (QED) is 0.759. The van der Waals surface area contributed by atoms with E-state index in [1.54, 1.807) is 12.1 Å². The number of halogens is 3. The number of alkyl halides is 3. The second kappa shape index (κ2) is 7.23. The maximum atomic E-state index is 12.0. The molecule has 0 radical (unpaired) electrons. The fourth-order valence-corrected chi connectivity index (χ4v) is 1.70. The van der Waals surface area contributed by atoms with Gasteiger partial charge >= 0.3 is 6.18 Å². The van der Waals surface area contributed by atoms with Crippen molar-refractivity contribution < 1.29 is 27.8 Å². The Morgan fingerprint density at radius 3 is 2.15 bits per heavy atom. The van der Waals surface area contributed by atoms with E-state index in [1.165, 1.54) is 14.2 Å². The van der Waals surface area contributed by atoms with Crippen LogP contribution in [-0.4, -0.2) is 32.0 Å². The summed E-state index contributed by atoms with van der Waals surface area (Å²) in [6.07, 6.45) is -4.90. The van der Waals surface area contributed by atoms with Crippen LogP contribution in [0.25, 0.3) is 0 Å². The van der Waals surface area contributed by atoms with Crippen molar-refractivity contribution >= 4 is 0 Å². The second-order valence-corrected chi connectivity index (χ2v) is 4.24. The molecule has 0 aliphatic rings.